The lowest BCUT2D eigenvalue weighted by atomic mass is 10.1. The van der Waals surface area contributed by atoms with Gasteiger partial charge in [-0.3, -0.25) is 0 Å². The Morgan fingerprint density at radius 3 is 2.60 bits per heavy atom. The number of piperazine rings is 1. The second kappa shape index (κ2) is 8.61. The summed E-state index contributed by atoms with van der Waals surface area (Å²) in [6.45, 7) is 8.13. The third-order valence-corrected chi connectivity index (χ3v) is 7.21. The van der Waals surface area contributed by atoms with Gasteiger partial charge < -0.3 is 15.1 Å². The van der Waals surface area contributed by atoms with Crippen molar-refractivity contribution in [1.82, 2.24) is 19.8 Å². The van der Waals surface area contributed by atoms with E-state index in [1.165, 1.54) is 55.5 Å². The lowest BCUT2D eigenvalue weighted by Gasteiger charge is -2.33. The largest absolute Gasteiger partial charge is 0.367 e. The number of anilines is 1. The average Bonchev–Trinajstić information content (AvgIpc) is 3.53. The third kappa shape index (κ3) is 4.36. The Balaban J connectivity index is 1.38. The van der Waals surface area contributed by atoms with Crippen LogP contribution in [0.3, 0.4) is 0 Å². The molecule has 1 N–H and O–H groups in total. The fourth-order valence-electron chi connectivity index (χ4n) is 4.17. The van der Waals surface area contributed by atoms with Gasteiger partial charge in [0.05, 0.1) is 5.39 Å². The molecule has 5 rings (SSSR count). The van der Waals surface area contributed by atoms with Crippen molar-refractivity contribution in [3.8, 4) is 11.1 Å². The lowest BCUT2D eigenvalue weighted by molar-refractivity contribution is 0.151. The van der Waals surface area contributed by atoms with Crippen molar-refractivity contribution >= 4 is 27.4 Å². The summed E-state index contributed by atoms with van der Waals surface area (Å²) in [6, 6.07) is 11.0. The number of hydrogen-bond acceptors (Lipinski definition) is 6. The highest BCUT2D eigenvalue weighted by Crippen LogP contribution is 2.42. The van der Waals surface area contributed by atoms with E-state index < -0.39 is 0 Å². The molecule has 30 heavy (non-hydrogen) atoms. The van der Waals surface area contributed by atoms with Gasteiger partial charge in [-0.05, 0) is 38.8 Å². The molecule has 3 aromatic rings. The number of benzene rings is 1. The van der Waals surface area contributed by atoms with Crippen LogP contribution in [0.4, 0.5) is 5.82 Å². The Hall–Kier alpha value is -2.02. The molecule has 1 aliphatic heterocycles. The zero-order chi connectivity index (χ0) is 20.5. The molecule has 1 aliphatic carbocycles. The number of likely N-dealkylation sites (N-methyl/N-ethyl adjacent to an activating group) is 1. The van der Waals surface area contributed by atoms with Crippen molar-refractivity contribution < 1.29 is 0 Å². The molecule has 5 nitrogen and oxygen atoms in total. The molecule has 2 aromatic heterocycles. The number of aromatic nitrogens is 2. The first-order valence-electron chi connectivity index (χ1n) is 11.2. The van der Waals surface area contributed by atoms with Gasteiger partial charge in [-0.25, -0.2) is 9.97 Å². The van der Waals surface area contributed by atoms with Crippen LogP contribution in [-0.2, 0) is 0 Å². The van der Waals surface area contributed by atoms with Crippen LogP contribution in [0, 0.1) is 0 Å². The van der Waals surface area contributed by atoms with Gasteiger partial charge in [-0.1, -0.05) is 30.3 Å². The summed E-state index contributed by atoms with van der Waals surface area (Å²) in [5, 5.41) is 7.19. The maximum Gasteiger partial charge on any atom is 0.139 e. The number of nitrogens with zero attached hydrogens (tertiary/aromatic N) is 4. The van der Waals surface area contributed by atoms with Crippen LogP contribution in [0.15, 0.2) is 35.7 Å². The van der Waals surface area contributed by atoms with Crippen molar-refractivity contribution in [3.63, 3.8) is 0 Å². The van der Waals surface area contributed by atoms with Gasteiger partial charge in [-0.2, -0.15) is 0 Å². The lowest BCUT2D eigenvalue weighted by Crippen LogP contribution is -2.45. The molecular weight excluding hydrogens is 390 g/mol. The average molecular weight is 422 g/mol. The monoisotopic (exact) mass is 421 g/mol. The van der Waals surface area contributed by atoms with Crippen molar-refractivity contribution in [2.75, 3.05) is 45.1 Å². The number of fused-ring (bicyclic) bond motifs is 1. The number of thiophene rings is 1. The van der Waals surface area contributed by atoms with Gasteiger partial charge in [0.25, 0.3) is 0 Å². The molecule has 0 bridgehead atoms. The van der Waals surface area contributed by atoms with Crippen LogP contribution < -0.4 is 5.32 Å². The van der Waals surface area contributed by atoms with Crippen LogP contribution in [0.1, 0.15) is 37.9 Å². The summed E-state index contributed by atoms with van der Waals surface area (Å²) in [7, 11) is 2.21. The first-order chi connectivity index (χ1) is 14.7. The zero-order valence-corrected chi connectivity index (χ0v) is 18.8. The van der Waals surface area contributed by atoms with E-state index in [0.29, 0.717) is 12.0 Å². The molecule has 6 heteroatoms. The zero-order valence-electron chi connectivity index (χ0n) is 18.0. The molecule has 0 radical (unpaired) electrons. The second-order valence-corrected chi connectivity index (χ2v) is 9.74. The summed E-state index contributed by atoms with van der Waals surface area (Å²) in [5.41, 5.74) is 2.48. The van der Waals surface area contributed by atoms with Crippen molar-refractivity contribution in [1.29, 1.82) is 0 Å². The van der Waals surface area contributed by atoms with Crippen LogP contribution in [-0.4, -0.2) is 65.6 Å². The maximum atomic E-state index is 5.03. The summed E-state index contributed by atoms with van der Waals surface area (Å²) in [5.74, 6) is 2.60. The molecule has 1 aromatic carbocycles. The van der Waals surface area contributed by atoms with Crippen molar-refractivity contribution in [2.24, 2.45) is 0 Å². The van der Waals surface area contributed by atoms with Gasteiger partial charge in [0.1, 0.15) is 16.5 Å². The smallest absolute Gasteiger partial charge is 0.139 e. The van der Waals surface area contributed by atoms with Crippen molar-refractivity contribution in [3.05, 3.63) is 41.5 Å². The summed E-state index contributed by atoms with van der Waals surface area (Å²) >= 11 is 1.74. The van der Waals surface area contributed by atoms with Crippen LogP contribution in [0.25, 0.3) is 21.3 Å². The van der Waals surface area contributed by atoms with E-state index in [-0.39, 0.29) is 0 Å². The Morgan fingerprint density at radius 1 is 1.10 bits per heavy atom. The fraction of sp³-hybridized carbons (Fsp3) is 0.500. The molecule has 0 spiro atoms. The normalized spacial score (nSPS) is 19.3. The highest BCUT2D eigenvalue weighted by atomic mass is 32.1. The molecule has 0 amide bonds. The predicted molar refractivity (Wildman–Crippen MR) is 126 cm³/mol. The van der Waals surface area contributed by atoms with Gasteiger partial charge in [0.15, 0.2) is 0 Å². The standard InChI is InChI=1S/C24H31N5S/c1-17(10-11-29-14-12-28(2)13-15-29)25-23-21-20(18-6-4-3-5-7-18)16-30-24(21)27-22(26-23)19-8-9-19/h3-7,16-17,19H,8-15H2,1-2H3,(H,25,26,27). The fourth-order valence-corrected chi connectivity index (χ4v) is 5.12. The first kappa shape index (κ1) is 19.9. The van der Waals surface area contributed by atoms with E-state index in [0.717, 1.165) is 29.4 Å². The maximum absolute atomic E-state index is 5.03. The van der Waals surface area contributed by atoms with Crippen LogP contribution in [0.2, 0.25) is 0 Å². The third-order valence-electron chi connectivity index (χ3n) is 6.34. The summed E-state index contributed by atoms with van der Waals surface area (Å²) in [6.07, 6.45) is 3.57. The van der Waals surface area contributed by atoms with E-state index >= 15 is 0 Å². The minimum absolute atomic E-state index is 0.373. The minimum atomic E-state index is 0.373. The minimum Gasteiger partial charge on any atom is -0.367 e. The molecule has 1 saturated heterocycles. The Bertz CT molecular complexity index is 990. The van der Waals surface area contributed by atoms with E-state index in [1.807, 2.05) is 0 Å². The molecular formula is C24H31N5S. The Morgan fingerprint density at radius 2 is 1.87 bits per heavy atom. The molecule has 1 unspecified atom stereocenters. The molecule has 3 heterocycles. The van der Waals surface area contributed by atoms with Crippen LogP contribution >= 0.6 is 11.3 Å². The summed E-state index contributed by atoms with van der Waals surface area (Å²) < 4.78 is 0. The quantitative estimate of drug-likeness (QED) is 0.600. The molecule has 2 aliphatic rings. The van der Waals surface area contributed by atoms with Gasteiger partial charge in [-0.15, -0.1) is 11.3 Å². The Labute approximate surface area is 183 Å². The van der Waals surface area contributed by atoms with E-state index in [4.69, 9.17) is 9.97 Å². The molecule has 1 atom stereocenters. The second-order valence-electron chi connectivity index (χ2n) is 8.88. The molecule has 158 valence electrons. The number of rotatable bonds is 7. The van der Waals surface area contributed by atoms with E-state index in [1.54, 1.807) is 11.3 Å². The SMILES string of the molecule is CC(CCN1CCN(C)CC1)Nc1nc(C2CC2)nc2scc(-c3ccccc3)c12. The molecule has 2 fully saturated rings. The first-order valence-corrected chi connectivity index (χ1v) is 12.1. The highest BCUT2D eigenvalue weighted by Gasteiger charge is 2.29. The molecule has 1 saturated carbocycles. The highest BCUT2D eigenvalue weighted by molar-refractivity contribution is 7.17. The van der Waals surface area contributed by atoms with Crippen LogP contribution in [0.5, 0.6) is 0 Å². The van der Waals surface area contributed by atoms with Crippen molar-refractivity contribution in [2.45, 2.75) is 38.1 Å². The topological polar surface area (TPSA) is 44.3 Å². The Kier molecular flexibility index (Phi) is 5.72. The van der Waals surface area contributed by atoms with Gasteiger partial charge in [0.2, 0.25) is 0 Å². The summed E-state index contributed by atoms with van der Waals surface area (Å²) in [4.78, 5) is 16.1. The van der Waals surface area contributed by atoms with Gasteiger partial charge in [0, 0.05) is 55.6 Å². The van der Waals surface area contributed by atoms with Gasteiger partial charge >= 0.3 is 0 Å². The van der Waals surface area contributed by atoms with E-state index in [2.05, 4.69) is 64.8 Å². The number of nitrogens with one attached hydrogen (secondary N) is 1. The number of hydrogen-bond donors (Lipinski definition) is 1. The predicted octanol–water partition coefficient (Wildman–Crippen LogP) is 4.67. The van der Waals surface area contributed by atoms with E-state index in [9.17, 15) is 0 Å².